The van der Waals surface area contributed by atoms with Crippen molar-refractivity contribution in [3.05, 3.63) is 22.6 Å². The number of hydrogen-bond donors (Lipinski definition) is 0. The number of rotatable bonds is 4. The zero-order chi connectivity index (χ0) is 9.84. The van der Waals surface area contributed by atoms with Crippen molar-refractivity contribution < 1.29 is 13.9 Å². The van der Waals surface area contributed by atoms with Crippen molar-refractivity contribution in [2.24, 2.45) is 0 Å². The maximum absolute atomic E-state index is 11.5. The molecule has 1 heterocycles. The molecule has 13 heavy (non-hydrogen) atoms. The third-order valence-electron chi connectivity index (χ3n) is 1.75. The third kappa shape index (κ3) is 2.67. The Morgan fingerprint density at radius 1 is 1.77 bits per heavy atom. The standard InChI is InChI=1S/C9H11BrO3/c1-6(12-2)5-8(11)9-7(10)3-4-13-9/h3-4,6H,5H2,1-2H3. The van der Waals surface area contributed by atoms with Crippen LogP contribution in [0.4, 0.5) is 0 Å². The van der Waals surface area contributed by atoms with Crippen molar-refractivity contribution in [2.45, 2.75) is 19.4 Å². The normalized spacial score (nSPS) is 12.8. The SMILES string of the molecule is COC(C)CC(=O)c1occc1Br. The molecule has 1 rings (SSSR count). The Hall–Kier alpha value is -0.610. The van der Waals surface area contributed by atoms with Crippen LogP contribution in [0.3, 0.4) is 0 Å². The Labute approximate surface area is 85.2 Å². The lowest BCUT2D eigenvalue weighted by molar-refractivity contribution is 0.0768. The first kappa shape index (κ1) is 10.5. The molecule has 0 saturated carbocycles. The Bertz CT molecular complexity index is 293. The van der Waals surface area contributed by atoms with Gasteiger partial charge in [-0.25, -0.2) is 0 Å². The van der Waals surface area contributed by atoms with Gasteiger partial charge in [-0.2, -0.15) is 0 Å². The lowest BCUT2D eigenvalue weighted by Gasteiger charge is -2.06. The molecule has 0 saturated heterocycles. The topological polar surface area (TPSA) is 39.4 Å². The maximum atomic E-state index is 11.5. The summed E-state index contributed by atoms with van der Waals surface area (Å²) < 4.78 is 10.7. The Morgan fingerprint density at radius 2 is 2.46 bits per heavy atom. The van der Waals surface area contributed by atoms with E-state index in [0.29, 0.717) is 16.7 Å². The number of halogens is 1. The van der Waals surface area contributed by atoms with Crippen LogP contribution in [0, 0.1) is 0 Å². The Balaban J connectivity index is 2.64. The van der Waals surface area contributed by atoms with E-state index in [2.05, 4.69) is 15.9 Å². The number of Topliss-reactive ketones (excluding diaryl/α,β-unsaturated/α-hetero) is 1. The van der Waals surface area contributed by atoms with Gasteiger partial charge in [-0.15, -0.1) is 0 Å². The van der Waals surface area contributed by atoms with Crippen LogP contribution in [-0.4, -0.2) is 19.0 Å². The molecule has 0 aliphatic carbocycles. The summed E-state index contributed by atoms with van der Waals surface area (Å²) in [6.45, 7) is 1.84. The van der Waals surface area contributed by atoms with Gasteiger partial charge < -0.3 is 9.15 Å². The molecular formula is C9H11BrO3. The van der Waals surface area contributed by atoms with Gasteiger partial charge in [0.1, 0.15) is 0 Å². The summed E-state index contributed by atoms with van der Waals surface area (Å²) in [6.07, 6.45) is 1.74. The average molecular weight is 247 g/mol. The molecule has 72 valence electrons. The van der Waals surface area contributed by atoms with E-state index < -0.39 is 0 Å². The van der Waals surface area contributed by atoms with Crippen LogP contribution in [0.2, 0.25) is 0 Å². The van der Waals surface area contributed by atoms with Gasteiger partial charge in [0.15, 0.2) is 5.76 Å². The Morgan fingerprint density at radius 3 is 2.92 bits per heavy atom. The molecule has 0 fully saturated rings. The van der Waals surface area contributed by atoms with Crippen LogP contribution in [0.1, 0.15) is 23.9 Å². The molecule has 0 bridgehead atoms. The largest absolute Gasteiger partial charge is 0.460 e. The quantitative estimate of drug-likeness (QED) is 0.768. The molecule has 0 aliphatic rings. The van der Waals surface area contributed by atoms with Crippen molar-refractivity contribution in [1.82, 2.24) is 0 Å². The highest BCUT2D eigenvalue weighted by atomic mass is 79.9. The number of carbonyl (C=O) groups is 1. The molecule has 1 aromatic heterocycles. The third-order valence-corrected chi connectivity index (χ3v) is 2.37. The fourth-order valence-electron chi connectivity index (χ4n) is 0.930. The number of hydrogen-bond acceptors (Lipinski definition) is 3. The second-order valence-electron chi connectivity index (χ2n) is 2.77. The molecule has 4 heteroatoms. The van der Waals surface area contributed by atoms with E-state index in [4.69, 9.17) is 9.15 Å². The monoisotopic (exact) mass is 246 g/mol. The van der Waals surface area contributed by atoms with Gasteiger partial charge in [0.25, 0.3) is 0 Å². The molecule has 0 radical (unpaired) electrons. The van der Waals surface area contributed by atoms with Gasteiger partial charge in [0.05, 0.1) is 16.8 Å². The average Bonchev–Trinajstić information content (AvgIpc) is 2.51. The van der Waals surface area contributed by atoms with E-state index in [-0.39, 0.29) is 11.9 Å². The zero-order valence-corrected chi connectivity index (χ0v) is 9.13. The van der Waals surface area contributed by atoms with Crippen LogP contribution < -0.4 is 0 Å². The van der Waals surface area contributed by atoms with Gasteiger partial charge in [-0.3, -0.25) is 4.79 Å². The molecule has 0 spiro atoms. The minimum absolute atomic E-state index is 0.0498. The summed E-state index contributed by atoms with van der Waals surface area (Å²) in [5, 5.41) is 0. The second kappa shape index (κ2) is 4.58. The number of ketones is 1. The van der Waals surface area contributed by atoms with Gasteiger partial charge in [0, 0.05) is 13.5 Å². The smallest absolute Gasteiger partial charge is 0.201 e. The highest BCUT2D eigenvalue weighted by Crippen LogP contribution is 2.19. The van der Waals surface area contributed by atoms with Crippen molar-refractivity contribution >= 4 is 21.7 Å². The minimum atomic E-state index is -0.0792. The van der Waals surface area contributed by atoms with Gasteiger partial charge in [0.2, 0.25) is 5.78 Å². The van der Waals surface area contributed by atoms with Gasteiger partial charge >= 0.3 is 0 Å². The lowest BCUT2D eigenvalue weighted by Crippen LogP contribution is -2.12. The highest BCUT2D eigenvalue weighted by molar-refractivity contribution is 9.10. The van der Waals surface area contributed by atoms with Crippen LogP contribution >= 0.6 is 15.9 Å². The second-order valence-corrected chi connectivity index (χ2v) is 3.63. The number of methoxy groups -OCH3 is 1. The highest BCUT2D eigenvalue weighted by Gasteiger charge is 2.16. The summed E-state index contributed by atoms with van der Waals surface area (Å²) in [6, 6.07) is 1.70. The van der Waals surface area contributed by atoms with E-state index in [0.717, 1.165) is 0 Å². The number of furan rings is 1. The van der Waals surface area contributed by atoms with Crippen molar-refractivity contribution in [2.75, 3.05) is 7.11 Å². The van der Waals surface area contributed by atoms with E-state index in [1.807, 2.05) is 6.92 Å². The van der Waals surface area contributed by atoms with E-state index in [1.54, 1.807) is 13.2 Å². The summed E-state index contributed by atoms with van der Waals surface area (Å²) in [7, 11) is 1.58. The first-order valence-corrected chi connectivity index (χ1v) is 4.73. The number of ether oxygens (including phenoxy) is 1. The van der Waals surface area contributed by atoms with E-state index in [1.165, 1.54) is 6.26 Å². The first-order valence-electron chi connectivity index (χ1n) is 3.94. The zero-order valence-electron chi connectivity index (χ0n) is 7.54. The van der Waals surface area contributed by atoms with E-state index in [9.17, 15) is 4.79 Å². The Kier molecular flexibility index (Phi) is 3.69. The van der Waals surface area contributed by atoms with Crippen LogP contribution in [0.25, 0.3) is 0 Å². The molecule has 1 atom stereocenters. The fraction of sp³-hybridized carbons (Fsp3) is 0.444. The van der Waals surface area contributed by atoms with Crippen molar-refractivity contribution in [3.8, 4) is 0 Å². The fourth-order valence-corrected chi connectivity index (χ4v) is 1.35. The molecule has 1 unspecified atom stereocenters. The van der Waals surface area contributed by atoms with Crippen molar-refractivity contribution in [1.29, 1.82) is 0 Å². The molecule has 1 aromatic rings. The summed E-state index contributed by atoms with van der Waals surface area (Å²) in [5.74, 6) is 0.315. The predicted octanol–water partition coefficient (Wildman–Crippen LogP) is 2.65. The molecule has 0 amide bonds. The molecule has 0 N–H and O–H groups in total. The number of carbonyl (C=O) groups excluding carboxylic acids is 1. The molecule has 0 aliphatic heterocycles. The minimum Gasteiger partial charge on any atom is -0.460 e. The van der Waals surface area contributed by atoms with Crippen LogP contribution in [0.5, 0.6) is 0 Å². The summed E-state index contributed by atoms with van der Waals surface area (Å²) >= 11 is 3.22. The van der Waals surface area contributed by atoms with E-state index >= 15 is 0 Å². The molecular weight excluding hydrogens is 236 g/mol. The van der Waals surface area contributed by atoms with Gasteiger partial charge in [-0.05, 0) is 28.9 Å². The summed E-state index contributed by atoms with van der Waals surface area (Å²) in [5.41, 5.74) is 0. The molecule has 3 nitrogen and oxygen atoms in total. The first-order chi connectivity index (χ1) is 6.15. The van der Waals surface area contributed by atoms with Crippen molar-refractivity contribution in [3.63, 3.8) is 0 Å². The maximum Gasteiger partial charge on any atom is 0.201 e. The summed E-state index contributed by atoms with van der Waals surface area (Å²) in [4.78, 5) is 11.5. The lowest BCUT2D eigenvalue weighted by atomic mass is 10.1. The van der Waals surface area contributed by atoms with Gasteiger partial charge in [-0.1, -0.05) is 0 Å². The van der Waals surface area contributed by atoms with Crippen LogP contribution in [0.15, 0.2) is 21.2 Å². The predicted molar refractivity (Wildman–Crippen MR) is 51.8 cm³/mol. The van der Waals surface area contributed by atoms with Crippen LogP contribution in [-0.2, 0) is 4.74 Å². The molecule has 0 aromatic carbocycles.